The SMILES string of the molecule is CCC(CO)N(CCC(=O)OC)C(=O)c1ccc(C)cc1. The van der Waals surface area contributed by atoms with Crippen LogP contribution < -0.4 is 0 Å². The van der Waals surface area contributed by atoms with Crippen LogP contribution in [0.3, 0.4) is 0 Å². The largest absolute Gasteiger partial charge is 0.469 e. The van der Waals surface area contributed by atoms with Crippen LogP contribution in [-0.2, 0) is 9.53 Å². The molecule has 0 bridgehead atoms. The van der Waals surface area contributed by atoms with Crippen LogP contribution in [0, 0.1) is 6.92 Å². The van der Waals surface area contributed by atoms with Crippen molar-refractivity contribution >= 4 is 11.9 Å². The van der Waals surface area contributed by atoms with E-state index < -0.39 is 0 Å². The second-order valence-electron chi connectivity index (χ2n) is 4.94. The van der Waals surface area contributed by atoms with E-state index in [1.54, 1.807) is 17.0 Å². The molecule has 1 rings (SSSR count). The number of hydrogen-bond acceptors (Lipinski definition) is 4. The van der Waals surface area contributed by atoms with Gasteiger partial charge in [-0.2, -0.15) is 0 Å². The zero-order valence-corrected chi connectivity index (χ0v) is 12.8. The fourth-order valence-corrected chi connectivity index (χ4v) is 2.07. The Morgan fingerprint density at radius 2 is 1.90 bits per heavy atom. The molecule has 1 aromatic carbocycles. The predicted octanol–water partition coefficient (Wildman–Crippen LogP) is 1.77. The maximum Gasteiger partial charge on any atom is 0.307 e. The molecule has 5 nitrogen and oxygen atoms in total. The molecular formula is C16H23NO4. The molecule has 0 aliphatic rings. The van der Waals surface area contributed by atoms with Gasteiger partial charge in [-0.15, -0.1) is 0 Å². The Kier molecular flexibility index (Phi) is 6.88. The molecule has 0 aliphatic heterocycles. The van der Waals surface area contributed by atoms with Gasteiger partial charge >= 0.3 is 5.97 Å². The zero-order valence-electron chi connectivity index (χ0n) is 12.8. The summed E-state index contributed by atoms with van der Waals surface area (Å²) in [6, 6.07) is 6.94. The number of esters is 1. The minimum atomic E-state index is -0.371. The lowest BCUT2D eigenvalue weighted by molar-refractivity contribution is -0.140. The van der Waals surface area contributed by atoms with E-state index in [1.165, 1.54) is 7.11 Å². The van der Waals surface area contributed by atoms with Crippen molar-refractivity contribution in [1.29, 1.82) is 0 Å². The van der Waals surface area contributed by atoms with Crippen LogP contribution in [0.25, 0.3) is 0 Å². The first-order valence-corrected chi connectivity index (χ1v) is 7.08. The third-order valence-electron chi connectivity index (χ3n) is 3.47. The Bertz CT molecular complexity index is 466. The van der Waals surface area contributed by atoms with Crippen LogP contribution in [0.2, 0.25) is 0 Å². The number of aliphatic hydroxyl groups is 1. The number of hydrogen-bond donors (Lipinski definition) is 1. The first kappa shape index (κ1) is 17.2. The molecule has 116 valence electrons. The molecule has 1 amide bonds. The highest BCUT2D eigenvalue weighted by atomic mass is 16.5. The molecule has 0 fully saturated rings. The van der Waals surface area contributed by atoms with Gasteiger partial charge in [0.25, 0.3) is 5.91 Å². The van der Waals surface area contributed by atoms with Gasteiger partial charge in [0.05, 0.1) is 26.2 Å². The molecular weight excluding hydrogens is 270 g/mol. The molecule has 0 aromatic heterocycles. The zero-order chi connectivity index (χ0) is 15.8. The Morgan fingerprint density at radius 3 is 2.38 bits per heavy atom. The number of methoxy groups -OCH3 is 1. The summed E-state index contributed by atoms with van der Waals surface area (Å²) >= 11 is 0. The van der Waals surface area contributed by atoms with Crippen LogP contribution in [0.15, 0.2) is 24.3 Å². The number of ether oxygens (including phenoxy) is 1. The number of rotatable bonds is 7. The monoisotopic (exact) mass is 293 g/mol. The van der Waals surface area contributed by atoms with Crippen LogP contribution >= 0.6 is 0 Å². The highest BCUT2D eigenvalue weighted by molar-refractivity contribution is 5.94. The quantitative estimate of drug-likeness (QED) is 0.778. The number of carbonyl (C=O) groups is 2. The van der Waals surface area contributed by atoms with E-state index >= 15 is 0 Å². The highest BCUT2D eigenvalue weighted by Crippen LogP contribution is 2.13. The summed E-state index contributed by atoms with van der Waals surface area (Å²) in [6.45, 7) is 3.95. The molecule has 0 saturated carbocycles. The minimum Gasteiger partial charge on any atom is -0.469 e. The van der Waals surface area contributed by atoms with E-state index in [4.69, 9.17) is 0 Å². The van der Waals surface area contributed by atoms with Gasteiger partial charge < -0.3 is 14.7 Å². The fraction of sp³-hybridized carbons (Fsp3) is 0.500. The second-order valence-corrected chi connectivity index (χ2v) is 4.94. The van der Waals surface area contributed by atoms with Gasteiger partial charge in [-0.05, 0) is 25.5 Å². The summed E-state index contributed by atoms with van der Waals surface area (Å²) in [7, 11) is 1.32. The molecule has 1 aromatic rings. The van der Waals surface area contributed by atoms with Crippen molar-refractivity contribution in [3.8, 4) is 0 Å². The Balaban J connectivity index is 2.90. The van der Waals surface area contributed by atoms with Gasteiger partial charge in [0.2, 0.25) is 0 Å². The van der Waals surface area contributed by atoms with Crippen molar-refractivity contribution < 1.29 is 19.4 Å². The summed E-state index contributed by atoms with van der Waals surface area (Å²) < 4.78 is 4.61. The minimum absolute atomic E-state index is 0.116. The number of aryl methyl sites for hydroxylation is 1. The summed E-state index contributed by atoms with van der Waals surface area (Å²) in [5, 5.41) is 9.45. The second kappa shape index (κ2) is 8.42. The van der Waals surface area contributed by atoms with Crippen molar-refractivity contribution in [3.05, 3.63) is 35.4 Å². The first-order valence-electron chi connectivity index (χ1n) is 7.08. The topological polar surface area (TPSA) is 66.8 Å². The Morgan fingerprint density at radius 1 is 1.29 bits per heavy atom. The summed E-state index contributed by atoms with van der Waals surface area (Å²) in [5.41, 5.74) is 1.62. The maximum atomic E-state index is 12.6. The molecule has 0 aliphatic carbocycles. The average molecular weight is 293 g/mol. The van der Waals surface area contributed by atoms with Gasteiger partial charge in [0.15, 0.2) is 0 Å². The fourth-order valence-electron chi connectivity index (χ4n) is 2.07. The lowest BCUT2D eigenvalue weighted by atomic mass is 10.1. The lowest BCUT2D eigenvalue weighted by Crippen LogP contribution is -2.43. The average Bonchev–Trinajstić information content (AvgIpc) is 2.51. The Hall–Kier alpha value is -1.88. The number of aliphatic hydroxyl groups excluding tert-OH is 1. The summed E-state index contributed by atoms with van der Waals surface area (Å²) in [6.07, 6.45) is 0.736. The number of amides is 1. The van der Waals surface area contributed by atoms with Gasteiger partial charge in [-0.25, -0.2) is 0 Å². The van der Waals surface area contributed by atoms with Crippen LogP contribution in [0.4, 0.5) is 0 Å². The molecule has 0 radical (unpaired) electrons. The van der Waals surface area contributed by atoms with Crippen molar-refractivity contribution in [2.45, 2.75) is 32.7 Å². The molecule has 21 heavy (non-hydrogen) atoms. The van der Waals surface area contributed by atoms with Crippen molar-refractivity contribution in [3.63, 3.8) is 0 Å². The van der Waals surface area contributed by atoms with Crippen molar-refractivity contribution in [2.75, 3.05) is 20.3 Å². The number of carbonyl (C=O) groups excluding carboxylic acids is 2. The van der Waals surface area contributed by atoms with Gasteiger partial charge in [0, 0.05) is 12.1 Å². The molecule has 1 N–H and O–H groups in total. The molecule has 0 heterocycles. The summed E-state index contributed by atoms with van der Waals surface area (Å²) in [4.78, 5) is 25.4. The Labute approximate surface area is 125 Å². The van der Waals surface area contributed by atoms with E-state index in [2.05, 4.69) is 4.74 Å². The van der Waals surface area contributed by atoms with Gasteiger partial charge in [0.1, 0.15) is 0 Å². The van der Waals surface area contributed by atoms with Crippen LogP contribution in [0.5, 0.6) is 0 Å². The van der Waals surface area contributed by atoms with E-state index in [1.807, 2.05) is 26.0 Å². The van der Waals surface area contributed by atoms with E-state index in [0.717, 1.165) is 5.56 Å². The predicted molar refractivity (Wildman–Crippen MR) is 80.0 cm³/mol. The number of benzene rings is 1. The third kappa shape index (κ3) is 4.86. The van der Waals surface area contributed by atoms with Crippen molar-refractivity contribution in [1.82, 2.24) is 4.90 Å². The van der Waals surface area contributed by atoms with E-state index in [0.29, 0.717) is 12.0 Å². The molecule has 5 heteroatoms. The molecule has 0 spiro atoms. The third-order valence-corrected chi connectivity index (χ3v) is 3.47. The molecule has 1 atom stereocenters. The van der Waals surface area contributed by atoms with Gasteiger partial charge in [-0.1, -0.05) is 24.6 Å². The molecule has 0 saturated heterocycles. The van der Waals surface area contributed by atoms with E-state index in [-0.39, 0.29) is 37.5 Å². The van der Waals surface area contributed by atoms with Crippen LogP contribution in [-0.4, -0.2) is 48.2 Å². The lowest BCUT2D eigenvalue weighted by Gasteiger charge is -2.29. The normalized spacial score (nSPS) is 11.8. The van der Waals surface area contributed by atoms with Gasteiger partial charge in [-0.3, -0.25) is 9.59 Å². The maximum absolute atomic E-state index is 12.6. The highest BCUT2D eigenvalue weighted by Gasteiger charge is 2.23. The van der Waals surface area contributed by atoms with Crippen LogP contribution in [0.1, 0.15) is 35.7 Å². The van der Waals surface area contributed by atoms with E-state index in [9.17, 15) is 14.7 Å². The summed E-state index contributed by atoms with van der Waals surface area (Å²) in [5.74, 6) is -0.552. The standard InChI is InChI=1S/C16H23NO4/c1-4-14(11-18)17(10-9-15(19)21-3)16(20)13-7-5-12(2)6-8-13/h5-8,14,18H,4,9-11H2,1-3H3. The first-order chi connectivity index (χ1) is 10.0. The smallest absolute Gasteiger partial charge is 0.307 e. The number of nitrogens with zero attached hydrogens (tertiary/aromatic N) is 1. The van der Waals surface area contributed by atoms with Crippen molar-refractivity contribution in [2.24, 2.45) is 0 Å². The molecule has 1 unspecified atom stereocenters.